The SMILES string of the molecule is O=C(CSc1nnc(NC(=O)[C@@H]2CC(=O)N(c3ccc(Cl)cc3)C2)s1)NCc1ccco1. The van der Waals surface area contributed by atoms with Gasteiger partial charge in [0.15, 0.2) is 4.34 Å². The molecule has 0 aliphatic carbocycles. The fourth-order valence-corrected chi connectivity index (χ4v) is 4.77. The molecule has 0 bridgehead atoms. The van der Waals surface area contributed by atoms with E-state index >= 15 is 0 Å². The molecule has 0 radical (unpaired) electrons. The average molecular weight is 492 g/mol. The van der Waals surface area contributed by atoms with Gasteiger partial charge in [0.2, 0.25) is 22.9 Å². The first kappa shape index (κ1) is 22.3. The van der Waals surface area contributed by atoms with Gasteiger partial charge in [0.05, 0.1) is 24.5 Å². The fraction of sp³-hybridized carbons (Fsp3) is 0.250. The highest BCUT2D eigenvalue weighted by Crippen LogP contribution is 2.29. The molecule has 0 saturated carbocycles. The van der Waals surface area contributed by atoms with E-state index in [2.05, 4.69) is 20.8 Å². The van der Waals surface area contributed by atoms with Crippen LogP contribution in [0.3, 0.4) is 0 Å². The summed E-state index contributed by atoms with van der Waals surface area (Å²) < 4.78 is 5.72. The van der Waals surface area contributed by atoms with Gasteiger partial charge in [0, 0.05) is 23.7 Å². The van der Waals surface area contributed by atoms with E-state index in [9.17, 15) is 14.4 Å². The number of anilines is 2. The number of aromatic nitrogens is 2. The Balaban J connectivity index is 1.25. The van der Waals surface area contributed by atoms with Crippen LogP contribution in [-0.2, 0) is 20.9 Å². The van der Waals surface area contributed by atoms with Crippen LogP contribution in [0, 0.1) is 5.92 Å². The second-order valence-corrected chi connectivity index (χ2v) is 9.53. The van der Waals surface area contributed by atoms with Crippen molar-refractivity contribution in [3.63, 3.8) is 0 Å². The van der Waals surface area contributed by atoms with E-state index in [0.717, 1.165) is 0 Å². The largest absolute Gasteiger partial charge is 0.467 e. The molecule has 0 spiro atoms. The predicted molar refractivity (Wildman–Crippen MR) is 122 cm³/mol. The van der Waals surface area contributed by atoms with Crippen LogP contribution in [0.25, 0.3) is 0 Å². The summed E-state index contributed by atoms with van der Waals surface area (Å²) in [4.78, 5) is 38.5. The van der Waals surface area contributed by atoms with Gasteiger partial charge in [-0.1, -0.05) is 34.7 Å². The molecule has 166 valence electrons. The number of nitrogens with zero attached hydrogens (tertiary/aromatic N) is 3. The topological polar surface area (TPSA) is 117 Å². The van der Waals surface area contributed by atoms with Crippen molar-refractivity contribution in [3.05, 3.63) is 53.4 Å². The van der Waals surface area contributed by atoms with Crippen LogP contribution >= 0.6 is 34.7 Å². The number of benzene rings is 1. The molecule has 12 heteroatoms. The molecule has 0 unspecified atom stereocenters. The Kier molecular flexibility index (Phi) is 7.08. The minimum absolute atomic E-state index is 0.116. The molecular weight excluding hydrogens is 474 g/mol. The second-order valence-electron chi connectivity index (χ2n) is 6.89. The lowest BCUT2D eigenvalue weighted by Crippen LogP contribution is -2.28. The van der Waals surface area contributed by atoms with Crippen LogP contribution in [0.15, 0.2) is 51.4 Å². The van der Waals surface area contributed by atoms with E-state index in [1.807, 2.05) is 0 Å². The van der Waals surface area contributed by atoms with Gasteiger partial charge in [-0.15, -0.1) is 10.2 Å². The first-order valence-corrected chi connectivity index (χ1v) is 11.8. The van der Waals surface area contributed by atoms with Crippen LogP contribution in [0.1, 0.15) is 12.2 Å². The monoisotopic (exact) mass is 491 g/mol. The van der Waals surface area contributed by atoms with E-state index in [0.29, 0.717) is 32.5 Å². The molecule has 2 N–H and O–H groups in total. The Morgan fingerprint density at radius 3 is 2.81 bits per heavy atom. The molecule has 1 saturated heterocycles. The zero-order chi connectivity index (χ0) is 22.5. The first-order valence-electron chi connectivity index (χ1n) is 9.60. The van der Waals surface area contributed by atoms with Crippen molar-refractivity contribution in [1.29, 1.82) is 0 Å². The highest BCUT2D eigenvalue weighted by molar-refractivity contribution is 8.01. The van der Waals surface area contributed by atoms with Gasteiger partial charge in [0.1, 0.15) is 5.76 Å². The third kappa shape index (κ3) is 5.67. The number of thioether (sulfide) groups is 1. The number of halogens is 1. The Morgan fingerprint density at radius 2 is 2.06 bits per heavy atom. The van der Waals surface area contributed by atoms with Gasteiger partial charge in [0.25, 0.3) is 0 Å². The third-order valence-electron chi connectivity index (χ3n) is 4.64. The molecule has 1 aliphatic rings. The minimum atomic E-state index is -0.495. The maximum atomic E-state index is 12.6. The summed E-state index contributed by atoms with van der Waals surface area (Å²) >= 11 is 8.29. The van der Waals surface area contributed by atoms with Crippen molar-refractivity contribution in [2.24, 2.45) is 5.92 Å². The molecule has 1 fully saturated rings. The molecule has 32 heavy (non-hydrogen) atoms. The van der Waals surface area contributed by atoms with Gasteiger partial charge < -0.3 is 20.0 Å². The Labute approximate surface area is 196 Å². The van der Waals surface area contributed by atoms with E-state index in [-0.39, 0.29) is 36.4 Å². The predicted octanol–water partition coefficient (Wildman–Crippen LogP) is 3.18. The Morgan fingerprint density at radius 1 is 1.25 bits per heavy atom. The molecular formula is C20H18ClN5O4S2. The average Bonchev–Trinajstić information content (AvgIpc) is 3.53. The van der Waals surface area contributed by atoms with Crippen molar-refractivity contribution >= 4 is 63.2 Å². The highest BCUT2D eigenvalue weighted by Gasteiger charge is 2.35. The lowest BCUT2D eigenvalue weighted by atomic mass is 10.1. The van der Waals surface area contributed by atoms with Crippen LogP contribution in [0.2, 0.25) is 5.02 Å². The smallest absolute Gasteiger partial charge is 0.231 e. The van der Waals surface area contributed by atoms with E-state index < -0.39 is 5.92 Å². The lowest BCUT2D eigenvalue weighted by molar-refractivity contribution is -0.122. The third-order valence-corrected chi connectivity index (χ3v) is 6.86. The summed E-state index contributed by atoms with van der Waals surface area (Å²) in [6, 6.07) is 10.4. The number of carbonyl (C=O) groups excluding carboxylic acids is 3. The van der Waals surface area contributed by atoms with E-state index in [1.165, 1.54) is 23.1 Å². The summed E-state index contributed by atoms with van der Waals surface area (Å²) in [5.74, 6) is -0.245. The number of nitrogens with one attached hydrogen (secondary N) is 2. The maximum absolute atomic E-state index is 12.6. The molecule has 1 aromatic carbocycles. The number of hydrogen-bond donors (Lipinski definition) is 2. The van der Waals surface area contributed by atoms with Crippen molar-refractivity contribution < 1.29 is 18.8 Å². The van der Waals surface area contributed by atoms with Gasteiger partial charge in [-0.25, -0.2) is 0 Å². The van der Waals surface area contributed by atoms with Crippen LogP contribution in [-0.4, -0.2) is 40.2 Å². The zero-order valence-corrected chi connectivity index (χ0v) is 19.0. The summed E-state index contributed by atoms with van der Waals surface area (Å²) in [6.07, 6.45) is 1.66. The lowest BCUT2D eigenvalue weighted by Gasteiger charge is -2.16. The molecule has 9 nitrogen and oxygen atoms in total. The fourth-order valence-electron chi connectivity index (χ4n) is 3.06. The molecule has 4 rings (SSSR count). The van der Waals surface area contributed by atoms with Gasteiger partial charge in [-0.3, -0.25) is 14.4 Å². The Bertz CT molecular complexity index is 1100. The molecule has 2 aromatic heterocycles. The quantitative estimate of drug-likeness (QED) is 0.367. The normalized spacial score (nSPS) is 15.7. The summed E-state index contributed by atoms with van der Waals surface area (Å²) in [5, 5.41) is 14.3. The van der Waals surface area contributed by atoms with Crippen LogP contribution in [0.5, 0.6) is 0 Å². The van der Waals surface area contributed by atoms with Crippen LogP contribution < -0.4 is 15.5 Å². The Hall–Kier alpha value is -2.89. The molecule has 1 aliphatic heterocycles. The maximum Gasteiger partial charge on any atom is 0.231 e. The van der Waals surface area contributed by atoms with Crippen molar-refractivity contribution in [3.8, 4) is 0 Å². The molecule has 1 atom stereocenters. The van der Waals surface area contributed by atoms with Crippen molar-refractivity contribution in [2.45, 2.75) is 17.3 Å². The standard InChI is InChI=1S/C20H18ClN5O4S2/c21-13-3-5-14(6-4-13)26-10-12(8-17(26)28)18(29)23-19-24-25-20(32-19)31-11-16(27)22-9-15-2-1-7-30-15/h1-7,12H,8-11H2,(H,22,27)(H,23,24,29)/t12-/m1/s1. The highest BCUT2D eigenvalue weighted by atomic mass is 35.5. The van der Waals surface area contributed by atoms with Gasteiger partial charge in [-0.2, -0.15) is 0 Å². The minimum Gasteiger partial charge on any atom is -0.467 e. The molecule has 3 amide bonds. The number of furan rings is 1. The summed E-state index contributed by atoms with van der Waals surface area (Å²) in [6.45, 7) is 0.597. The van der Waals surface area contributed by atoms with Gasteiger partial charge >= 0.3 is 0 Å². The first-order chi connectivity index (χ1) is 15.5. The molecule has 3 aromatic rings. The van der Waals surface area contributed by atoms with Crippen molar-refractivity contribution in [1.82, 2.24) is 15.5 Å². The van der Waals surface area contributed by atoms with Crippen molar-refractivity contribution in [2.75, 3.05) is 22.5 Å². The summed E-state index contributed by atoms with van der Waals surface area (Å²) in [5.41, 5.74) is 0.703. The van der Waals surface area contributed by atoms with Crippen LogP contribution in [0.4, 0.5) is 10.8 Å². The van der Waals surface area contributed by atoms with E-state index in [4.69, 9.17) is 16.0 Å². The second kappa shape index (κ2) is 10.2. The summed E-state index contributed by atoms with van der Waals surface area (Å²) in [7, 11) is 0. The zero-order valence-electron chi connectivity index (χ0n) is 16.6. The number of amides is 3. The van der Waals surface area contributed by atoms with E-state index in [1.54, 1.807) is 47.6 Å². The van der Waals surface area contributed by atoms with Gasteiger partial charge in [-0.05, 0) is 36.4 Å². The number of hydrogen-bond acceptors (Lipinski definition) is 8. The molecule has 3 heterocycles. The number of carbonyl (C=O) groups is 3. The number of rotatable bonds is 8.